The molecule has 1 saturated carbocycles. The van der Waals surface area contributed by atoms with Gasteiger partial charge >= 0.3 is 0 Å². The topological polar surface area (TPSA) is 24.7 Å². The van der Waals surface area contributed by atoms with Crippen LogP contribution in [0.25, 0.3) is 0 Å². The summed E-state index contributed by atoms with van der Waals surface area (Å²) in [6.45, 7) is 11.5. The summed E-state index contributed by atoms with van der Waals surface area (Å²) in [5.74, 6) is 2.05. The molecule has 2 aromatic rings. The van der Waals surface area contributed by atoms with Crippen LogP contribution in [0.4, 0.5) is 5.69 Å². The monoisotopic (exact) mass is 454 g/mol. The Kier molecular flexibility index (Phi) is 6.29. The molecular weight excluding hydrogens is 412 g/mol. The summed E-state index contributed by atoms with van der Waals surface area (Å²) in [6, 6.07) is 18.2. The molecule has 0 radical (unpaired) electrons. The number of aryl methyl sites for hydroxylation is 1. The van der Waals surface area contributed by atoms with Gasteiger partial charge in [-0.05, 0) is 99.8 Å². The van der Waals surface area contributed by atoms with Gasteiger partial charge in [0.05, 0.1) is 11.2 Å². The van der Waals surface area contributed by atoms with Gasteiger partial charge in [-0.25, -0.2) is 0 Å². The summed E-state index contributed by atoms with van der Waals surface area (Å²) >= 11 is 0. The molecule has 0 saturated heterocycles. The number of hydrogen-bond acceptors (Lipinski definition) is 2. The van der Waals surface area contributed by atoms with Gasteiger partial charge in [-0.2, -0.15) is 0 Å². The SMILES string of the molecule is CC1C(C2CCC(CCc3ccc(C(C)(C)C4=NC(C)(C)CC4)cc3)CC2)=Nc2ccccc21. The maximum Gasteiger partial charge on any atom is 0.0667 e. The van der Waals surface area contributed by atoms with Crippen LogP contribution in [0.15, 0.2) is 58.5 Å². The number of rotatable bonds is 6. The Morgan fingerprint density at radius 3 is 2.29 bits per heavy atom. The summed E-state index contributed by atoms with van der Waals surface area (Å²) in [5.41, 5.74) is 8.49. The molecule has 180 valence electrons. The van der Waals surface area contributed by atoms with Gasteiger partial charge < -0.3 is 0 Å². The molecule has 0 spiro atoms. The third-order valence-electron chi connectivity index (χ3n) is 9.01. The van der Waals surface area contributed by atoms with Crippen LogP contribution in [0.2, 0.25) is 0 Å². The Labute approximate surface area is 207 Å². The van der Waals surface area contributed by atoms with Crippen molar-refractivity contribution in [3.05, 3.63) is 65.2 Å². The zero-order valence-electron chi connectivity index (χ0n) is 21.9. The Hall–Kier alpha value is -2.22. The van der Waals surface area contributed by atoms with Crippen molar-refractivity contribution in [1.82, 2.24) is 0 Å². The molecule has 2 heterocycles. The number of nitrogens with zero attached hydrogens (tertiary/aromatic N) is 2. The van der Waals surface area contributed by atoms with E-state index in [4.69, 9.17) is 9.98 Å². The predicted octanol–water partition coefficient (Wildman–Crippen LogP) is 8.61. The lowest BCUT2D eigenvalue weighted by atomic mass is 9.75. The largest absolute Gasteiger partial charge is 0.287 e. The molecule has 2 heteroatoms. The fourth-order valence-corrected chi connectivity index (χ4v) is 6.52. The van der Waals surface area contributed by atoms with Gasteiger partial charge in [0.1, 0.15) is 0 Å². The Balaban J connectivity index is 1.13. The van der Waals surface area contributed by atoms with Crippen LogP contribution in [-0.4, -0.2) is 17.0 Å². The van der Waals surface area contributed by atoms with Gasteiger partial charge in [-0.15, -0.1) is 0 Å². The lowest BCUT2D eigenvalue weighted by molar-refractivity contribution is 0.305. The van der Waals surface area contributed by atoms with E-state index in [1.54, 1.807) is 0 Å². The summed E-state index contributed by atoms with van der Waals surface area (Å²) in [5, 5.41) is 0. The molecule has 2 aromatic carbocycles. The zero-order valence-corrected chi connectivity index (χ0v) is 21.9. The van der Waals surface area contributed by atoms with E-state index in [2.05, 4.69) is 83.1 Å². The number of fused-ring (bicyclic) bond motifs is 1. The third-order valence-corrected chi connectivity index (χ3v) is 9.01. The van der Waals surface area contributed by atoms with Crippen molar-refractivity contribution in [3.63, 3.8) is 0 Å². The first kappa shape index (κ1) is 23.5. The van der Waals surface area contributed by atoms with Gasteiger partial charge in [0.15, 0.2) is 0 Å². The van der Waals surface area contributed by atoms with Crippen molar-refractivity contribution in [3.8, 4) is 0 Å². The molecule has 1 atom stereocenters. The van der Waals surface area contributed by atoms with Crippen molar-refractivity contribution in [1.29, 1.82) is 0 Å². The van der Waals surface area contributed by atoms with E-state index < -0.39 is 0 Å². The van der Waals surface area contributed by atoms with E-state index in [0.717, 1.165) is 12.3 Å². The molecule has 0 aromatic heterocycles. The highest BCUT2D eigenvalue weighted by Gasteiger charge is 2.35. The summed E-state index contributed by atoms with van der Waals surface area (Å²) < 4.78 is 0. The molecule has 1 aliphatic carbocycles. The minimum absolute atomic E-state index is 0.0322. The lowest BCUT2D eigenvalue weighted by Gasteiger charge is -2.30. The van der Waals surface area contributed by atoms with Crippen LogP contribution in [0.1, 0.15) is 102 Å². The van der Waals surface area contributed by atoms with Crippen molar-refractivity contribution in [2.75, 3.05) is 0 Å². The quantitative estimate of drug-likeness (QED) is 0.417. The summed E-state index contributed by atoms with van der Waals surface area (Å²) in [7, 11) is 0. The second-order valence-electron chi connectivity index (χ2n) is 12.3. The highest BCUT2D eigenvalue weighted by molar-refractivity contribution is 5.99. The molecule has 1 fully saturated rings. The Bertz CT molecular complexity index is 1080. The first-order valence-corrected chi connectivity index (χ1v) is 13.6. The Morgan fingerprint density at radius 1 is 0.941 bits per heavy atom. The number of aliphatic imine (C=N–C) groups is 2. The van der Waals surface area contributed by atoms with Crippen LogP contribution in [0, 0.1) is 11.8 Å². The van der Waals surface area contributed by atoms with Crippen LogP contribution < -0.4 is 0 Å². The zero-order chi connectivity index (χ0) is 23.9. The molecule has 5 rings (SSSR count). The maximum absolute atomic E-state index is 5.05. The highest BCUT2D eigenvalue weighted by atomic mass is 14.9. The molecule has 34 heavy (non-hydrogen) atoms. The van der Waals surface area contributed by atoms with Gasteiger partial charge in [0, 0.05) is 22.8 Å². The Morgan fingerprint density at radius 2 is 1.65 bits per heavy atom. The first-order chi connectivity index (χ1) is 16.2. The average Bonchev–Trinajstić information content (AvgIpc) is 3.38. The van der Waals surface area contributed by atoms with Crippen molar-refractivity contribution in [2.45, 2.75) is 103 Å². The van der Waals surface area contributed by atoms with E-state index in [0.29, 0.717) is 11.8 Å². The van der Waals surface area contributed by atoms with E-state index in [-0.39, 0.29) is 11.0 Å². The van der Waals surface area contributed by atoms with Crippen LogP contribution in [0.3, 0.4) is 0 Å². The van der Waals surface area contributed by atoms with Gasteiger partial charge in [-0.3, -0.25) is 9.98 Å². The predicted molar refractivity (Wildman–Crippen MR) is 146 cm³/mol. The minimum Gasteiger partial charge on any atom is -0.287 e. The normalized spacial score (nSPS) is 26.2. The summed E-state index contributed by atoms with van der Waals surface area (Å²) in [6.07, 6.45) is 10.2. The van der Waals surface area contributed by atoms with E-state index in [9.17, 15) is 0 Å². The molecule has 3 aliphatic rings. The van der Waals surface area contributed by atoms with Crippen LogP contribution in [-0.2, 0) is 11.8 Å². The standard InChI is InChI=1S/C32H42N2/c1-22-27-8-6-7-9-28(27)33-30(22)25-16-12-23(13-17-25)10-11-24-14-18-26(19-15-24)32(4,5)29-20-21-31(2,3)34-29/h6-9,14-15,18-19,22-23,25H,10-13,16-17,20-21H2,1-5H3. The van der Waals surface area contributed by atoms with Crippen LogP contribution >= 0.6 is 0 Å². The number of hydrogen-bond donors (Lipinski definition) is 0. The molecule has 1 unspecified atom stereocenters. The smallest absolute Gasteiger partial charge is 0.0667 e. The molecule has 0 bridgehead atoms. The number of para-hydroxylation sites is 1. The van der Waals surface area contributed by atoms with Crippen LogP contribution in [0.5, 0.6) is 0 Å². The van der Waals surface area contributed by atoms with Crippen molar-refractivity contribution < 1.29 is 0 Å². The maximum atomic E-state index is 5.05. The van der Waals surface area contributed by atoms with E-state index in [1.165, 1.54) is 78.7 Å². The molecule has 0 amide bonds. The lowest BCUT2D eigenvalue weighted by Crippen LogP contribution is -2.27. The molecule has 2 nitrogen and oxygen atoms in total. The fourth-order valence-electron chi connectivity index (χ4n) is 6.52. The van der Waals surface area contributed by atoms with Gasteiger partial charge in [-0.1, -0.05) is 63.2 Å². The van der Waals surface area contributed by atoms with Gasteiger partial charge in [0.25, 0.3) is 0 Å². The van der Waals surface area contributed by atoms with Crippen molar-refractivity contribution in [2.24, 2.45) is 21.8 Å². The first-order valence-electron chi connectivity index (χ1n) is 13.6. The highest BCUT2D eigenvalue weighted by Crippen LogP contribution is 2.42. The minimum atomic E-state index is 0.0322. The molecule has 2 aliphatic heterocycles. The molecule has 0 N–H and O–H groups in total. The van der Waals surface area contributed by atoms with E-state index in [1.807, 2.05) is 0 Å². The second kappa shape index (κ2) is 9.10. The summed E-state index contributed by atoms with van der Waals surface area (Å²) in [4.78, 5) is 10.1. The molecular formula is C32H42N2. The third kappa shape index (κ3) is 4.66. The average molecular weight is 455 g/mol. The fraction of sp³-hybridized carbons (Fsp3) is 0.562. The number of benzene rings is 2. The second-order valence-corrected chi connectivity index (χ2v) is 12.3. The van der Waals surface area contributed by atoms with Gasteiger partial charge in [0.2, 0.25) is 0 Å². The van der Waals surface area contributed by atoms with Crippen molar-refractivity contribution >= 4 is 17.1 Å². The van der Waals surface area contributed by atoms with E-state index >= 15 is 0 Å².